The maximum Gasteiger partial charge on any atom is 0.310 e. The second-order valence-electron chi connectivity index (χ2n) is 13.4. The molecule has 0 fully saturated rings. The van der Waals surface area contributed by atoms with Gasteiger partial charge in [0.1, 0.15) is 11.4 Å². The van der Waals surface area contributed by atoms with Crippen LogP contribution < -0.4 is 4.74 Å². The fourth-order valence-corrected chi connectivity index (χ4v) is 6.45. The first-order valence-corrected chi connectivity index (χ1v) is 16.3. The Labute approximate surface area is 281 Å². The summed E-state index contributed by atoms with van der Waals surface area (Å²) < 4.78 is 15.1. The molecule has 0 unspecified atom stereocenters. The predicted octanol–water partition coefficient (Wildman–Crippen LogP) is 7.29. The highest BCUT2D eigenvalue weighted by molar-refractivity contribution is 6.01. The van der Waals surface area contributed by atoms with E-state index < -0.39 is 5.60 Å². The van der Waals surface area contributed by atoms with Crippen LogP contribution in [-0.2, 0) is 36.5 Å². The van der Waals surface area contributed by atoms with Gasteiger partial charge in [-0.15, -0.1) is 0 Å². The summed E-state index contributed by atoms with van der Waals surface area (Å²) in [4.78, 5) is 22.4. The first-order valence-electron chi connectivity index (χ1n) is 16.3. The lowest BCUT2D eigenvalue weighted by Crippen LogP contribution is -2.12. The molecular weight excluding hydrogens is 602 g/mol. The molecule has 48 heavy (non-hydrogen) atoms. The van der Waals surface area contributed by atoms with Crippen LogP contribution in [0.25, 0.3) is 55.6 Å². The number of carbonyl (C=O) groups is 1. The molecule has 0 amide bonds. The Morgan fingerprint density at radius 2 is 1.81 bits per heavy atom. The molecule has 9 nitrogen and oxygen atoms in total. The van der Waals surface area contributed by atoms with Gasteiger partial charge in [-0.1, -0.05) is 12.1 Å². The topological polar surface area (TPSA) is 104 Å². The van der Waals surface area contributed by atoms with Gasteiger partial charge >= 0.3 is 5.97 Å². The van der Waals surface area contributed by atoms with Crippen molar-refractivity contribution in [3.8, 4) is 39.4 Å². The van der Waals surface area contributed by atoms with E-state index in [1.165, 1.54) is 18.2 Å². The highest BCUT2D eigenvalue weighted by Gasteiger charge is 2.24. The summed E-state index contributed by atoms with van der Waals surface area (Å²) >= 11 is 0. The van der Waals surface area contributed by atoms with Crippen molar-refractivity contribution >= 4 is 27.9 Å². The molecule has 1 aliphatic rings. The summed E-state index contributed by atoms with van der Waals surface area (Å²) in [6.45, 7) is 10.1. The molecule has 248 valence electrons. The van der Waals surface area contributed by atoms with Crippen molar-refractivity contribution in [2.75, 3.05) is 13.7 Å². The summed E-state index contributed by atoms with van der Waals surface area (Å²) in [6.07, 6.45) is 5.84. The number of carbonyl (C=O) groups excluding carboxylic acids is 1. The van der Waals surface area contributed by atoms with Gasteiger partial charge < -0.3 is 19.1 Å². The standard InChI is InChI=1S/C35H33N5O3.C4H10O/c1-20-25-7-6-14-43-32(25)11-9-26(20)34-27(18-33(41)42-5)21(2)38-35-28(34)17-31(39(35)3)23-12-13-36-29(16-23)22-8-10-30-24(15-22)19-37-40(30)4;1-4(2,3)5/h8-13,15-17,19H,6-7,14,18H2,1-5H3;5H,1-3H3. The zero-order valence-corrected chi connectivity index (χ0v) is 29.0. The Morgan fingerprint density at radius 3 is 2.56 bits per heavy atom. The minimum absolute atomic E-state index is 0.147. The van der Waals surface area contributed by atoms with Crippen molar-refractivity contribution in [2.45, 2.75) is 59.5 Å². The third-order valence-corrected chi connectivity index (χ3v) is 8.78. The van der Waals surface area contributed by atoms with Gasteiger partial charge in [-0.3, -0.25) is 14.5 Å². The molecule has 0 saturated carbocycles. The maximum absolute atomic E-state index is 12.6. The van der Waals surface area contributed by atoms with E-state index in [9.17, 15) is 4.79 Å². The quantitative estimate of drug-likeness (QED) is 0.196. The van der Waals surface area contributed by atoms with Crippen LogP contribution in [0.2, 0.25) is 0 Å². The van der Waals surface area contributed by atoms with E-state index in [0.717, 1.165) is 92.0 Å². The molecule has 9 heteroatoms. The molecule has 0 aliphatic carbocycles. The van der Waals surface area contributed by atoms with Gasteiger partial charge in [0, 0.05) is 47.9 Å². The normalized spacial score (nSPS) is 12.8. The van der Waals surface area contributed by atoms with Gasteiger partial charge in [-0.05, 0) is 112 Å². The Hall–Kier alpha value is -5.02. The number of aryl methyl sites for hydroxylation is 3. The molecule has 5 heterocycles. The molecule has 1 aliphatic heterocycles. The summed E-state index contributed by atoms with van der Waals surface area (Å²) in [5, 5.41) is 15.0. The number of esters is 1. The fourth-order valence-electron chi connectivity index (χ4n) is 6.45. The third-order valence-electron chi connectivity index (χ3n) is 8.78. The summed E-state index contributed by atoms with van der Waals surface area (Å²) in [5.74, 6) is 0.663. The van der Waals surface area contributed by atoms with Gasteiger partial charge in [-0.25, -0.2) is 4.98 Å². The minimum Gasteiger partial charge on any atom is -0.493 e. The lowest BCUT2D eigenvalue weighted by atomic mass is 9.88. The van der Waals surface area contributed by atoms with Crippen LogP contribution in [-0.4, -0.2) is 54.7 Å². The second kappa shape index (κ2) is 12.9. The van der Waals surface area contributed by atoms with Crippen molar-refractivity contribution in [2.24, 2.45) is 14.1 Å². The number of methoxy groups -OCH3 is 1. The molecule has 7 rings (SSSR count). The predicted molar refractivity (Wildman–Crippen MR) is 190 cm³/mol. The summed E-state index contributed by atoms with van der Waals surface area (Å²) in [5.41, 5.74) is 11.6. The highest BCUT2D eigenvalue weighted by Crippen LogP contribution is 2.42. The van der Waals surface area contributed by atoms with E-state index in [-0.39, 0.29) is 12.4 Å². The van der Waals surface area contributed by atoms with Crippen LogP contribution in [0.4, 0.5) is 0 Å². The van der Waals surface area contributed by atoms with E-state index in [2.05, 4.69) is 59.1 Å². The van der Waals surface area contributed by atoms with E-state index in [1.807, 2.05) is 44.2 Å². The number of rotatable bonds is 5. The molecule has 2 aromatic carbocycles. The number of hydrogen-bond acceptors (Lipinski definition) is 7. The average molecular weight is 646 g/mol. The number of aliphatic hydroxyl groups is 1. The minimum atomic E-state index is -0.500. The number of nitrogens with zero attached hydrogens (tertiary/aromatic N) is 5. The Bertz CT molecular complexity index is 2160. The van der Waals surface area contributed by atoms with E-state index in [1.54, 1.807) is 20.8 Å². The molecule has 1 N–H and O–H groups in total. The summed E-state index contributed by atoms with van der Waals surface area (Å²) in [7, 11) is 5.42. The van der Waals surface area contributed by atoms with E-state index >= 15 is 0 Å². The van der Waals surface area contributed by atoms with Crippen LogP contribution in [0.5, 0.6) is 5.75 Å². The fraction of sp³-hybridized carbons (Fsp3) is 0.333. The second-order valence-corrected chi connectivity index (χ2v) is 13.4. The van der Waals surface area contributed by atoms with Crippen LogP contribution in [0.1, 0.15) is 49.6 Å². The SMILES string of the molecule is CC(C)(C)O.COC(=O)Cc1c(C)nc2c(cc(-c3ccnc(-c4ccc5c(cnn5C)c4)c3)n2C)c1-c1ccc2c(c1C)CCCO2. The zero-order valence-electron chi connectivity index (χ0n) is 29.0. The van der Waals surface area contributed by atoms with Crippen LogP contribution in [0, 0.1) is 13.8 Å². The zero-order chi connectivity index (χ0) is 34.3. The lowest BCUT2D eigenvalue weighted by Gasteiger charge is -2.23. The van der Waals surface area contributed by atoms with Gasteiger partial charge in [0.2, 0.25) is 0 Å². The Kier molecular flexibility index (Phi) is 8.83. The number of aromatic nitrogens is 5. The molecule has 0 radical (unpaired) electrons. The van der Waals surface area contributed by atoms with Gasteiger partial charge in [0.05, 0.1) is 48.8 Å². The van der Waals surface area contributed by atoms with Crippen molar-refractivity contribution in [3.05, 3.63) is 83.3 Å². The first kappa shape index (κ1) is 32.9. The molecule has 4 aromatic heterocycles. The van der Waals surface area contributed by atoms with Crippen molar-refractivity contribution < 1.29 is 19.4 Å². The van der Waals surface area contributed by atoms with Crippen molar-refractivity contribution in [1.29, 1.82) is 0 Å². The molecule has 6 aromatic rings. The summed E-state index contributed by atoms with van der Waals surface area (Å²) in [6, 6.07) is 16.8. The highest BCUT2D eigenvalue weighted by atomic mass is 16.5. The number of hydrogen-bond donors (Lipinski definition) is 1. The largest absolute Gasteiger partial charge is 0.493 e. The third kappa shape index (κ3) is 6.42. The maximum atomic E-state index is 12.6. The molecule has 0 saturated heterocycles. The van der Waals surface area contributed by atoms with E-state index in [4.69, 9.17) is 24.5 Å². The van der Waals surface area contributed by atoms with Gasteiger partial charge in [0.15, 0.2) is 0 Å². The van der Waals surface area contributed by atoms with Gasteiger partial charge in [0.25, 0.3) is 0 Å². The molecule has 0 bridgehead atoms. The lowest BCUT2D eigenvalue weighted by molar-refractivity contribution is -0.139. The number of benzene rings is 2. The van der Waals surface area contributed by atoms with Crippen LogP contribution in [0.3, 0.4) is 0 Å². The van der Waals surface area contributed by atoms with Crippen LogP contribution in [0.15, 0.2) is 60.9 Å². The Morgan fingerprint density at radius 1 is 1.04 bits per heavy atom. The smallest absolute Gasteiger partial charge is 0.310 e. The molecule has 0 atom stereocenters. The van der Waals surface area contributed by atoms with E-state index in [0.29, 0.717) is 0 Å². The molecule has 0 spiro atoms. The Balaban J connectivity index is 0.000000749. The molecular formula is C39H43N5O4. The average Bonchev–Trinajstić information content (AvgIpc) is 3.59. The first-order chi connectivity index (χ1) is 22.8. The van der Waals surface area contributed by atoms with Crippen LogP contribution >= 0.6 is 0 Å². The number of ether oxygens (including phenoxy) is 2. The number of pyridine rings is 2. The van der Waals surface area contributed by atoms with Gasteiger partial charge in [-0.2, -0.15) is 5.10 Å². The monoisotopic (exact) mass is 645 g/mol. The van der Waals surface area contributed by atoms with Crippen molar-refractivity contribution in [3.63, 3.8) is 0 Å². The number of fused-ring (bicyclic) bond motifs is 3. The van der Waals surface area contributed by atoms with Crippen molar-refractivity contribution in [1.82, 2.24) is 24.3 Å².